The van der Waals surface area contributed by atoms with Gasteiger partial charge < -0.3 is 5.32 Å². The van der Waals surface area contributed by atoms with Gasteiger partial charge in [-0.1, -0.05) is 36.4 Å². The maximum absolute atomic E-state index is 4.62. The summed E-state index contributed by atoms with van der Waals surface area (Å²) in [6.07, 6.45) is 0. The molecule has 1 N–H and O–H groups in total. The van der Waals surface area contributed by atoms with Gasteiger partial charge in [-0.2, -0.15) is 5.10 Å². The summed E-state index contributed by atoms with van der Waals surface area (Å²) in [6, 6.07) is 14.7. The summed E-state index contributed by atoms with van der Waals surface area (Å²) in [5.74, 6) is 0. The van der Waals surface area contributed by atoms with E-state index in [2.05, 4.69) is 60.7 Å². The van der Waals surface area contributed by atoms with E-state index in [0.29, 0.717) is 0 Å². The second-order valence-electron chi connectivity index (χ2n) is 5.21. The monoisotopic (exact) mass is 265 g/mol. The van der Waals surface area contributed by atoms with Crippen molar-refractivity contribution in [3.8, 4) is 0 Å². The van der Waals surface area contributed by atoms with Crippen LogP contribution in [0.25, 0.3) is 10.9 Å². The first kappa shape index (κ1) is 12.7. The molecule has 1 heterocycles. The van der Waals surface area contributed by atoms with Crippen LogP contribution in [0, 0.1) is 13.8 Å². The summed E-state index contributed by atoms with van der Waals surface area (Å²) >= 11 is 0. The Bertz CT molecular complexity index is 736. The quantitative estimate of drug-likeness (QED) is 0.780. The lowest BCUT2D eigenvalue weighted by Crippen LogP contribution is -2.04. The lowest BCUT2D eigenvalue weighted by Gasteiger charge is -2.11. The summed E-state index contributed by atoms with van der Waals surface area (Å²) in [5, 5.41) is 9.36. The molecule has 20 heavy (non-hydrogen) atoms. The van der Waals surface area contributed by atoms with Crippen LogP contribution in [0.2, 0.25) is 0 Å². The van der Waals surface area contributed by atoms with Crippen molar-refractivity contribution in [1.82, 2.24) is 9.78 Å². The van der Waals surface area contributed by atoms with Crippen molar-refractivity contribution in [2.75, 3.05) is 5.32 Å². The number of anilines is 1. The topological polar surface area (TPSA) is 29.9 Å². The minimum absolute atomic E-state index is 0.743. The number of benzene rings is 2. The van der Waals surface area contributed by atoms with Crippen molar-refractivity contribution in [3.63, 3.8) is 0 Å². The number of aromatic nitrogens is 2. The molecule has 0 saturated heterocycles. The number of hydrogen-bond acceptors (Lipinski definition) is 2. The van der Waals surface area contributed by atoms with Crippen LogP contribution in [0.5, 0.6) is 0 Å². The number of hydrogen-bond donors (Lipinski definition) is 1. The van der Waals surface area contributed by atoms with Crippen molar-refractivity contribution in [1.29, 1.82) is 0 Å². The van der Waals surface area contributed by atoms with Crippen molar-refractivity contribution in [3.05, 3.63) is 59.3 Å². The molecule has 0 aliphatic rings. The molecule has 0 saturated carbocycles. The maximum atomic E-state index is 4.62. The number of fused-ring (bicyclic) bond motifs is 1. The fourth-order valence-electron chi connectivity index (χ4n) is 2.68. The van der Waals surface area contributed by atoms with Gasteiger partial charge in [0, 0.05) is 18.1 Å². The lowest BCUT2D eigenvalue weighted by molar-refractivity contribution is 0.771. The molecule has 0 atom stereocenters. The van der Waals surface area contributed by atoms with Crippen LogP contribution in [-0.4, -0.2) is 9.78 Å². The first-order chi connectivity index (χ1) is 9.66. The highest BCUT2D eigenvalue weighted by Crippen LogP contribution is 2.22. The smallest absolute Gasteiger partial charge is 0.0894 e. The molecule has 3 rings (SSSR count). The molecule has 0 spiro atoms. The first-order valence-electron chi connectivity index (χ1n) is 6.87. The Morgan fingerprint density at radius 2 is 1.70 bits per heavy atom. The SMILES string of the molecule is Cc1cccc(C)c1NCc1nn(C)c2ccccc12. The van der Waals surface area contributed by atoms with Crippen LogP contribution in [0.1, 0.15) is 16.8 Å². The average molecular weight is 265 g/mol. The number of aryl methyl sites for hydroxylation is 3. The second kappa shape index (κ2) is 5.00. The third-order valence-electron chi connectivity index (χ3n) is 3.75. The molecular weight excluding hydrogens is 246 g/mol. The van der Waals surface area contributed by atoms with Gasteiger partial charge in [0.25, 0.3) is 0 Å². The molecule has 102 valence electrons. The second-order valence-corrected chi connectivity index (χ2v) is 5.21. The normalized spacial score (nSPS) is 10.9. The van der Waals surface area contributed by atoms with Gasteiger partial charge in [0.05, 0.1) is 17.8 Å². The summed E-state index contributed by atoms with van der Waals surface area (Å²) in [7, 11) is 1.99. The average Bonchev–Trinajstić information content (AvgIpc) is 2.76. The number of nitrogens with one attached hydrogen (secondary N) is 1. The molecule has 0 unspecified atom stereocenters. The fraction of sp³-hybridized carbons (Fsp3) is 0.235. The standard InChI is InChI=1S/C17H19N3/c1-12-7-6-8-13(2)17(12)18-11-15-14-9-4-5-10-16(14)20(3)19-15/h4-10,18H,11H2,1-3H3. The Balaban J connectivity index is 1.91. The molecule has 0 aliphatic carbocycles. The zero-order valence-electron chi connectivity index (χ0n) is 12.1. The van der Waals surface area contributed by atoms with Crippen LogP contribution in [0.4, 0.5) is 5.69 Å². The van der Waals surface area contributed by atoms with Crippen molar-refractivity contribution >= 4 is 16.6 Å². The van der Waals surface area contributed by atoms with Gasteiger partial charge >= 0.3 is 0 Å². The molecule has 2 aromatic carbocycles. The van der Waals surface area contributed by atoms with Crippen LogP contribution in [0.15, 0.2) is 42.5 Å². The minimum Gasteiger partial charge on any atom is -0.379 e. The van der Waals surface area contributed by atoms with Crippen molar-refractivity contribution in [2.45, 2.75) is 20.4 Å². The highest BCUT2D eigenvalue weighted by atomic mass is 15.3. The maximum Gasteiger partial charge on any atom is 0.0894 e. The van der Waals surface area contributed by atoms with E-state index in [1.807, 2.05) is 17.8 Å². The Kier molecular flexibility index (Phi) is 3.18. The predicted octanol–water partition coefficient (Wildman–Crippen LogP) is 3.80. The molecule has 1 aromatic heterocycles. The molecule has 0 bridgehead atoms. The molecule has 0 amide bonds. The van der Waals surface area contributed by atoms with Crippen molar-refractivity contribution < 1.29 is 0 Å². The van der Waals surface area contributed by atoms with E-state index in [9.17, 15) is 0 Å². The zero-order chi connectivity index (χ0) is 14.1. The predicted molar refractivity (Wildman–Crippen MR) is 84.0 cm³/mol. The highest BCUT2D eigenvalue weighted by molar-refractivity contribution is 5.82. The van der Waals surface area contributed by atoms with Crippen LogP contribution in [0.3, 0.4) is 0 Å². The van der Waals surface area contributed by atoms with E-state index in [1.165, 1.54) is 27.7 Å². The Morgan fingerprint density at radius 3 is 2.45 bits per heavy atom. The molecule has 3 aromatic rings. The van der Waals surface area contributed by atoms with E-state index in [-0.39, 0.29) is 0 Å². The third kappa shape index (κ3) is 2.16. The van der Waals surface area contributed by atoms with Gasteiger partial charge in [0.1, 0.15) is 0 Å². The van der Waals surface area contributed by atoms with E-state index in [4.69, 9.17) is 0 Å². The number of rotatable bonds is 3. The molecule has 3 nitrogen and oxygen atoms in total. The molecule has 0 radical (unpaired) electrons. The number of nitrogens with zero attached hydrogens (tertiary/aromatic N) is 2. The molecule has 0 fully saturated rings. The van der Waals surface area contributed by atoms with Gasteiger partial charge in [0.15, 0.2) is 0 Å². The van der Waals surface area contributed by atoms with E-state index in [0.717, 1.165) is 12.2 Å². The van der Waals surface area contributed by atoms with Gasteiger partial charge in [0.2, 0.25) is 0 Å². The number of para-hydroxylation sites is 2. The molecular formula is C17H19N3. The zero-order valence-corrected chi connectivity index (χ0v) is 12.1. The third-order valence-corrected chi connectivity index (χ3v) is 3.75. The minimum atomic E-state index is 0.743. The fourth-order valence-corrected chi connectivity index (χ4v) is 2.68. The first-order valence-corrected chi connectivity index (χ1v) is 6.87. The van der Waals surface area contributed by atoms with Crippen LogP contribution in [-0.2, 0) is 13.6 Å². The Labute approximate surface area is 119 Å². The van der Waals surface area contributed by atoms with Gasteiger partial charge in [-0.05, 0) is 31.0 Å². The summed E-state index contributed by atoms with van der Waals surface area (Å²) in [4.78, 5) is 0. The highest BCUT2D eigenvalue weighted by Gasteiger charge is 2.08. The largest absolute Gasteiger partial charge is 0.379 e. The summed E-state index contributed by atoms with van der Waals surface area (Å²) in [6.45, 7) is 5.00. The van der Waals surface area contributed by atoms with Crippen LogP contribution >= 0.6 is 0 Å². The lowest BCUT2D eigenvalue weighted by atomic mass is 10.1. The van der Waals surface area contributed by atoms with Gasteiger partial charge in [-0.3, -0.25) is 4.68 Å². The Morgan fingerprint density at radius 1 is 1.00 bits per heavy atom. The van der Waals surface area contributed by atoms with E-state index >= 15 is 0 Å². The molecule has 3 heteroatoms. The van der Waals surface area contributed by atoms with Crippen molar-refractivity contribution in [2.24, 2.45) is 7.05 Å². The van der Waals surface area contributed by atoms with Crippen LogP contribution < -0.4 is 5.32 Å². The molecule has 0 aliphatic heterocycles. The summed E-state index contributed by atoms with van der Waals surface area (Å²) < 4.78 is 1.94. The van der Waals surface area contributed by atoms with Gasteiger partial charge in [-0.15, -0.1) is 0 Å². The Hall–Kier alpha value is -2.29. The summed E-state index contributed by atoms with van der Waals surface area (Å²) in [5.41, 5.74) is 6.01. The van der Waals surface area contributed by atoms with Gasteiger partial charge in [-0.25, -0.2) is 0 Å². The van der Waals surface area contributed by atoms with E-state index in [1.54, 1.807) is 0 Å². The van der Waals surface area contributed by atoms with E-state index < -0.39 is 0 Å².